The van der Waals surface area contributed by atoms with Crippen LogP contribution in [0.4, 0.5) is 10.5 Å². The van der Waals surface area contributed by atoms with Crippen LogP contribution >= 0.6 is 0 Å². The number of pyridine rings is 1. The van der Waals surface area contributed by atoms with E-state index in [0.717, 1.165) is 40.1 Å². The number of carbonyl (C=O) groups excluding carboxylic acids is 1. The number of carboxylic acids is 1. The van der Waals surface area contributed by atoms with Gasteiger partial charge in [-0.2, -0.15) is 0 Å². The summed E-state index contributed by atoms with van der Waals surface area (Å²) in [5.41, 5.74) is 18.1. The van der Waals surface area contributed by atoms with Crippen molar-refractivity contribution in [3.8, 4) is 11.1 Å². The average Bonchev–Trinajstić information content (AvgIpc) is 2.80. The van der Waals surface area contributed by atoms with E-state index in [2.05, 4.69) is 19.2 Å². The molecule has 0 spiro atoms. The zero-order valence-corrected chi connectivity index (χ0v) is 19.7. The van der Waals surface area contributed by atoms with Crippen LogP contribution in [0.5, 0.6) is 0 Å². The molecule has 1 saturated heterocycles. The summed E-state index contributed by atoms with van der Waals surface area (Å²) < 4.78 is 0. The third kappa shape index (κ3) is 5.69. The van der Waals surface area contributed by atoms with E-state index in [-0.39, 0.29) is 6.03 Å². The molecule has 2 aromatic rings. The molecule has 1 aromatic heterocycles. The molecule has 0 bridgehead atoms. The molecular formula is C25H35N5O3. The van der Waals surface area contributed by atoms with Crippen LogP contribution < -0.4 is 16.8 Å². The smallest absolute Gasteiger partial charge is 0.321 e. The van der Waals surface area contributed by atoms with Crippen LogP contribution in [-0.4, -0.2) is 40.1 Å². The van der Waals surface area contributed by atoms with Crippen molar-refractivity contribution < 1.29 is 14.7 Å². The largest absolute Gasteiger partial charge is 0.481 e. The quantitative estimate of drug-likeness (QED) is 0.507. The Labute approximate surface area is 195 Å². The molecule has 1 aliphatic rings. The van der Waals surface area contributed by atoms with Crippen LogP contribution in [0.1, 0.15) is 49.2 Å². The number of urea groups is 1. The Morgan fingerprint density at radius 3 is 2.30 bits per heavy atom. The lowest BCUT2D eigenvalue weighted by Gasteiger charge is -2.31. The van der Waals surface area contributed by atoms with Crippen molar-refractivity contribution >= 4 is 17.7 Å². The molecule has 0 saturated carbocycles. The fraction of sp³-hybridized carbons (Fsp3) is 0.480. The molecule has 1 aliphatic heterocycles. The van der Waals surface area contributed by atoms with Crippen LogP contribution in [0.2, 0.25) is 0 Å². The topological polar surface area (TPSA) is 135 Å². The van der Waals surface area contributed by atoms with Crippen LogP contribution in [0.25, 0.3) is 11.1 Å². The highest BCUT2D eigenvalue weighted by Gasteiger charge is 2.28. The highest BCUT2D eigenvalue weighted by molar-refractivity contribution is 5.96. The SMILES string of the molecule is Cc1nc(CC(C)C)c(CN)c(-c2ccc(CN)cc2)c1NC(=O)N1CCC(C(=O)O)CC1. The second-order valence-corrected chi connectivity index (χ2v) is 9.11. The minimum absolute atomic E-state index is 0.247. The molecule has 8 nitrogen and oxygen atoms in total. The number of rotatable bonds is 7. The summed E-state index contributed by atoms with van der Waals surface area (Å²) in [5.74, 6) is -0.787. The molecule has 0 atom stereocenters. The second kappa shape index (κ2) is 10.8. The van der Waals surface area contributed by atoms with Crippen molar-refractivity contribution in [3.05, 3.63) is 46.8 Å². The molecular weight excluding hydrogens is 418 g/mol. The maximum Gasteiger partial charge on any atom is 0.321 e. The molecule has 0 radical (unpaired) electrons. The monoisotopic (exact) mass is 453 g/mol. The fourth-order valence-electron chi connectivity index (χ4n) is 4.37. The Morgan fingerprint density at radius 1 is 1.15 bits per heavy atom. The van der Waals surface area contributed by atoms with E-state index in [1.54, 1.807) is 4.90 Å². The van der Waals surface area contributed by atoms with Crippen LogP contribution in [0.3, 0.4) is 0 Å². The highest BCUT2D eigenvalue weighted by Crippen LogP contribution is 2.36. The molecule has 33 heavy (non-hydrogen) atoms. The van der Waals surface area contributed by atoms with Gasteiger partial charge in [-0.05, 0) is 48.8 Å². The minimum Gasteiger partial charge on any atom is -0.481 e. The first-order chi connectivity index (χ1) is 15.7. The van der Waals surface area contributed by atoms with Gasteiger partial charge in [0, 0.05) is 37.4 Å². The lowest BCUT2D eigenvalue weighted by molar-refractivity contribution is -0.143. The van der Waals surface area contributed by atoms with Gasteiger partial charge in [-0.25, -0.2) is 4.79 Å². The standard InChI is InChI=1S/C25H35N5O3/c1-15(2)12-21-20(14-27)22(18-6-4-17(13-26)5-7-18)23(16(3)28-21)29-25(33)30-10-8-19(9-11-30)24(31)32/h4-7,15,19H,8-14,26-27H2,1-3H3,(H,29,33)(H,31,32). The summed E-state index contributed by atoms with van der Waals surface area (Å²) >= 11 is 0. The lowest BCUT2D eigenvalue weighted by atomic mass is 9.92. The number of carboxylic acid groups (broad SMARTS) is 1. The number of likely N-dealkylation sites (tertiary alicyclic amines) is 1. The molecule has 1 fully saturated rings. The number of nitrogens with zero attached hydrogens (tertiary/aromatic N) is 2. The summed E-state index contributed by atoms with van der Waals surface area (Å²) in [7, 11) is 0. The van der Waals surface area contributed by atoms with Gasteiger partial charge in [0.05, 0.1) is 17.3 Å². The van der Waals surface area contributed by atoms with Gasteiger partial charge in [-0.15, -0.1) is 0 Å². The van der Waals surface area contributed by atoms with Gasteiger partial charge in [0.1, 0.15) is 0 Å². The zero-order valence-electron chi connectivity index (χ0n) is 19.7. The minimum atomic E-state index is -0.799. The number of nitrogens with two attached hydrogens (primary N) is 2. The van der Waals surface area contributed by atoms with Gasteiger partial charge in [0.2, 0.25) is 0 Å². The number of carbonyl (C=O) groups is 2. The lowest BCUT2D eigenvalue weighted by Crippen LogP contribution is -2.42. The van der Waals surface area contributed by atoms with Gasteiger partial charge in [0.15, 0.2) is 0 Å². The van der Waals surface area contributed by atoms with Crippen molar-refractivity contribution in [2.75, 3.05) is 18.4 Å². The van der Waals surface area contributed by atoms with Gasteiger partial charge in [-0.3, -0.25) is 9.78 Å². The van der Waals surface area contributed by atoms with Crippen molar-refractivity contribution in [2.24, 2.45) is 23.3 Å². The molecule has 2 amide bonds. The zero-order chi connectivity index (χ0) is 24.1. The summed E-state index contributed by atoms with van der Waals surface area (Å²) in [6.07, 6.45) is 1.70. The summed E-state index contributed by atoms with van der Waals surface area (Å²) in [6, 6.07) is 7.72. The van der Waals surface area contributed by atoms with Crippen molar-refractivity contribution in [2.45, 2.75) is 53.1 Å². The summed E-state index contributed by atoms with van der Waals surface area (Å²) in [4.78, 5) is 30.9. The number of amides is 2. The van der Waals surface area contributed by atoms with E-state index in [0.29, 0.717) is 50.6 Å². The molecule has 6 N–H and O–H groups in total. The van der Waals surface area contributed by atoms with Gasteiger partial charge < -0.3 is 26.8 Å². The van der Waals surface area contributed by atoms with Gasteiger partial charge in [-0.1, -0.05) is 38.1 Å². The number of aryl methyl sites for hydroxylation is 1. The van der Waals surface area contributed by atoms with Crippen LogP contribution in [0, 0.1) is 18.8 Å². The molecule has 3 rings (SSSR count). The average molecular weight is 454 g/mol. The predicted molar refractivity (Wildman–Crippen MR) is 130 cm³/mol. The maximum atomic E-state index is 13.1. The fourth-order valence-corrected chi connectivity index (χ4v) is 4.37. The first-order valence-electron chi connectivity index (χ1n) is 11.6. The van der Waals surface area contributed by atoms with Crippen molar-refractivity contribution in [1.82, 2.24) is 9.88 Å². The Bertz CT molecular complexity index is 996. The number of benzene rings is 1. The molecule has 2 heterocycles. The number of hydrogen-bond acceptors (Lipinski definition) is 5. The Hall–Kier alpha value is -2.97. The molecule has 1 aromatic carbocycles. The number of anilines is 1. The molecule has 0 unspecified atom stereocenters. The third-order valence-corrected chi connectivity index (χ3v) is 6.21. The number of piperidine rings is 1. The molecule has 8 heteroatoms. The number of nitrogens with one attached hydrogen (secondary N) is 1. The Balaban J connectivity index is 2.00. The normalized spacial score (nSPS) is 14.5. The number of aliphatic carboxylic acids is 1. The summed E-state index contributed by atoms with van der Waals surface area (Å²) in [5, 5.41) is 12.3. The van der Waals surface area contributed by atoms with Gasteiger partial charge >= 0.3 is 12.0 Å². The first-order valence-corrected chi connectivity index (χ1v) is 11.6. The van der Waals surface area contributed by atoms with E-state index in [4.69, 9.17) is 16.5 Å². The van der Waals surface area contributed by atoms with E-state index in [9.17, 15) is 14.7 Å². The number of aromatic nitrogens is 1. The van der Waals surface area contributed by atoms with E-state index in [1.807, 2.05) is 31.2 Å². The van der Waals surface area contributed by atoms with Crippen LogP contribution in [0.15, 0.2) is 24.3 Å². The highest BCUT2D eigenvalue weighted by atomic mass is 16.4. The Kier molecular flexibility index (Phi) is 8.05. The van der Waals surface area contributed by atoms with Crippen LogP contribution in [-0.2, 0) is 24.3 Å². The summed E-state index contributed by atoms with van der Waals surface area (Å²) in [6.45, 7) is 7.75. The Morgan fingerprint density at radius 2 is 1.79 bits per heavy atom. The molecule has 0 aliphatic carbocycles. The third-order valence-electron chi connectivity index (χ3n) is 6.21. The van der Waals surface area contributed by atoms with Gasteiger partial charge in [0.25, 0.3) is 0 Å². The second-order valence-electron chi connectivity index (χ2n) is 9.11. The van der Waals surface area contributed by atoms with E-state index >= 15 is 0 Å². The first kappa shape index (κ1) is 24.7. The maximum absolute atomic E-state index is 13.1. The van der Waals surface area contributed by atoms with E-state index in [1.165, 1.54) is 0 Å². The molecule has 178 valence electrons. The predicted octanol–water partition coefficient (Wildman–Crippen LogP) is 3.50. The number of hydrogen-bond donors (Lipinski definition) is 4. The van der Waals surface area contributed by atoms with Crippen molar-refractivity contribution in [3.63, 3.8) is 0 Å². The van der Waals surface area contributed by atoms with Crippen molar-refractivity contribution in [1.29, 1.82) is 0 Å². The van der Waals surface area contributed by atoms with E-state index < -0.39 is 11.9 Å².